The molecule has 0 unspecified atom stereocenters. The molecule has 0 aliphatic rings. The number of benzene rings is 1. The normalized spacial score (nSPS) is 12.0. The third-order valence-electron chi connectivity index (χ3n) is 3.03. The molecule has 1 amide bonds. The van der Waals surface area contributed by atoms with Crippen LogP contribution in [-0.4, -0.2) is 19.3 Å². The minimum absolute atomic E-state index is 0.112. The van der Waals surface area contributed by atoms with Crippen molar-refractivity contribution in [3.63, 3.8) is 0 Å². The molecular weight excluding hydrogens is 320 g/mol. The molecule has 0 radical (unpaired) electrons. The summed E-state index contributed by atoms with van der Waals surface area (Å²) >= 11 is 1.06. The van der Waals surface area contributed by atoms with Crippen molar-refractivity contribution < 1.29 is 13.2 Å². The van der Waals surface area contributed by atoms with Gasteiger partial charge in [0.05, 0.1) is 5.52 Å². The average molecular weight is 332 g/mol. The Bertz CT molecular complexity index is 938. The zero-order valence-corrected chi connectivity index (χ0v) is 12.9. The number of aromatic amines is 1. The summed E-state index contributed by atoms with van der Waals surface area (Å²) in [4.78, 5) is 14.9. The summed E-state index contributed by atoms with van der Waals surface area (Å²) in [6.45, 7) is 0. The van der Waals surface area contributed by atoms with Crippen LogP contribution in [0.1, 0.15) is 5.56 Å². The molecule has 2 aromatic heterocycles. The number of carbonyl (C=O) groups excluding carboxylic acids is 1. The largest absolute Gasteiger partial charge is 0.361 e. The van der Waals surface area contributed by atoms with Gasteiger partial charge >= 0.3 is 0 Å². The summed E-state index contributed by atoms with van der Waals surface area (Å²) in [7, 11) is -3.79. The van der Waals surface area contributed by atoms with Crippen molar-refractivity contribution in [1.82, 2.24) is 9.71 Å². The summed E-state index contributed by atoms with van der Waals surface area (Å²) < 4.78 is 26.0. The van der Waals surface area contributed by atoms with Crippen molar-refractivity contribution in [3.8, 4) is 0 Å². The number of amides is 1. The molecule has 2 heterocycles. The van der Waals surface area contributed by atoms with Gasteiger partial charge in [0.15, 0.2) is 0 Å². The van der Waals surface area contributed by atoms with E-state index in [-0.39, 0.29) is 4.21 Å². The molecule has 112 valence electrons. The molecule has 0 bridgehead atoms. The summed E-state index contributed by atoms with van der Waals surface area (Å²) in [5.74, 6) is -0.683. The Labute approximate surface area is 131 Å². The van der Waals surface area contributed by atoms with Gasteiger partial charge < -0.3 is 4.98 Å². The minimum atomic E-state index is -3.79. The van der Waals surface area contributed by atoms with E-state index in [2.05, 4.69) is 4.98 Å². The number of aromatic nitrogens is 1. The summed E-state index contributed by atoms with van der Waals surface area (Å²) in [5, 5.41) is 2.66. The van der Waals surface area contributed by atoms with E-state index in [4.69, 9.17) is 0 Å². The van der Waals surface area contributed by atoms with Gasteiger partial charge in [-0.3, -0.25) is 4.79 Å². The van der Waals surface area contributed by atoms with Crippen molar-refractivity contribution in [2.75, 3.05) is 0 Å². The topological polar surface area (TPSA) is 79.0 Å². The molecule has 0 aliphatic heterocycles. The number of thiophene rings is 1. The van der Waals surface area contributed by atoms with Crippen molar-refractivity contribution in [2.45, 2.75) is 4.21 Å². The zero-order valence-electron chi connectivity index (χ0n) is 11.3. The summed E-state index contributed by atoms with van der Waals surface area (Å²) in [5.41, 5.74) is 1.71. The number of nitrogens with one attached hydrogen (secondary N) is 2. The van der Waals surface area contributed by atoms with Crippen LogP contribution in [-0.2, 0) is 14.8 Å². The smallest absolute Gasteiger partial charge is 0.273 e. The van der Waals surface area contributed by atoms with Gasteiger partial charge in [-0.25, -0.2) is 13.1 Å². The van der Waals surface area contributed by atoms with E-state index >= 15 is 0 Å². The number of hydrogen-bond acceptors (Lipinski definition) is 4. The predicted octanol–water partition coefficient (Wildman–Crippen LogP) is 2.75. The molecule has 0 fully saturated rings. The van der Waals surface area contributed by atoms with Crippen LogP contribution >= 0.6 is 11.3 Å². The molecule has 22 heavy (non-hydrogen) atoms. The van der Waals surface area contributed by atoms with Crippen LogP contribution in [0.5, 0.6) is 0 Å². The predicted molar refractivity (Wildman–Crippen MR) is 87.0 cm³/mol. The van der Waals surface area contributed by atoms with E-state index < -0.39 is 15.9 Å². The number of para-hydroxylation sites is 1. The van der Waals surface area contributed by atoms with Crippen LogP contribution in [0.2, 0.25) is 0 Å². The number of sulfonamides is 1. The van der Waals surface area contributed by atoms with Gasteiger partial charge in [-0.15, -0.1) is 11.3 Å². The highest BCUT2D eigenvalue weighted by molar-refractivity contribution is 7.92. The standard InChI is InChI=1S/C15H12N2O3S2/c18-13(17-22(19,20)14-5-2-10-21-14)7-6-11-3-1-4-12-8-9-16-15(11)12/h1-10,16H,(H,17,18)/b7-6+. The first-order valence-electron chi connectivity index (χ1n) is 6.41. The first kappa shape index (κ1) is 14.6. The summed E-state index contributed by atoms with van der Waals surface area (Å²) in [6.07, 6.45) is 4.60. The monoisotopic (exact) mass is 332 g/mol. The van der Waals surface area contributed by atoms with Crippen LogP contribution in [0.4, 0.5) is 0 Å². The maximum Gasteiger partial charge on any atom is 0.273 e. The van der Waals surface area contributed by atoms with Crippen molar-refractivity contribution in [3.05, 3.63) is 59.6 Å². The Balaban J connectivity index is 1.78. The van der Waals surface area contributed by atoms with E-state index in [1.54, 1.807) is 17.5 Å². The molecule has 0 aliphatic carbocycles. The van der Waals surface area contributed by atoms with Crippen molar-refractivity contribution in [1.29, 1.82) is 0 Å². The maximum atomic E-state index is 11.9. The Morgan fingerprint density at radius 3 is 2.82 bits per heavy atom. The fourth-order valence-electron chi connectivity index (χ4n) is 2.05. The average Bonchev–Trinajstić information content (AvgIpc) is 3.15. The lowest BCUT2D eigenvalue weighted by Gasteiger charge is -2.01. The summed E-state index contributed by atoms with van der Waals surface area (Å²) in [6, 6.07) is 10.7. The minimum Gasteiger partial charge on any atom is -0.361 e. The SMILES string of the molecule is O=C(/C=C/c1cccc2cc[nH]c12)NS(=O)(=O)c1cccs1. The zero-order chi connectivity index (χ0) is 15.6. The van der Waals surface area contributed by atoms with Gasteiger partial charge in [0, 0.05) is 12.3 Å². The lowest BCUT2D eigenvalue weighted by Crippen LogP contribution is -2.28. The highest BCUT2D eigenvalue weighted by Crippen LogP contribution is 2.18. The second kappa shape index (κ2) is 5.78. The van der Waals surface area contributed by atoms with Gasteiger partial charge in [0.1, 0.15) is 4.21 Å². The van der Waals surface area contributed by atoms with Crippen LogP contribution < -0.4 is 4.72 Å². The Hall–Kier alpha value is -2.38. The fraction of sp³-hybridized carbons (Fsp3) is 0. The third kappa shape index (κ3) is 2.95. The molecule has 0 atom stereocenters. The van der Waals surface area contributed by atoms with Crippen LogP contribution in [0.3, 0.4) is 0 Å². The Morgan fingerprint density at radius 2 is 2.05 bits per heavy atom. The van der Waals surface area contributed by atoms with Gasteiger partial charge in [0.25, 0.3) is 15.9 Å². The third-order valence-corrected chi connectivity index (χ3v) is 5.77. The lowest BCUT2D eigenvalue weighted by atomic mass is 10.1. The Morgan fingerprint density at radius 1 is 1.18 bits per heavy atom. The molecule has 5 nitrogen and oxygen atoms in total. The fourth-order valence-corrected chi connectivity index (χ4v) is 3.98. The maximum absolute atomic E-state index is 11.9. The molecular formula is C15H12N2O3S2. The van der Waals surface area contributed by atoms with E-state index in [1.807, 2.05) is 35.2 Å². The van der Waals surface area contributed by atoms with E-state index in [0.29, 0.717) is 0 Å². The number of rotatable bonds is 4. The quantitative estimate of drug-likeness (QED) is 0.721. The van der Waals surface area contributed by atoms with E-state index in [9.17, 15) is 13.2 Å². The second-order valence-corrected chi connectivity index (χ2v) is 7.38. The van der Waals surface area contributed by atoms with Crippen LogP contribution in [0, 0.1) is 0 Å². The van der Waals surface area contributed by atoms with Crippen LogP contribution in [0.15, 0.2) is 58.3 Å². The van der Waals surface area contributed by atoms with Crippen molar-refractivity contribution in [2.24, 2.45) is 0 Å². The second-order valence-electron chi connectivity index (χ2n) is 4.52. The number of H-pyrrole nitrogens is 1. The Kier molecular flexibility index (Phi) is 3.82. The van der Waals surface area contributed by atoms with Crippen LogP contribution in [0.25, 0.3) is 17.0 Å². The van der Waals surface area contributed by atoms with Gasteiger partial charge in [0.2, 0.25) is 0 Å². The number of hydrogen-bond donors (Lipinski definition) is 2. The van der Waals surface area contributed by atoms with Gasteiger partial charge in [-0.1, -0.05) is 24.3 Å². The first-order valence-corrected chi connectivity index (χ1v) is 8.77. The van der Waals surface area contributed by atoms with Crippen molar-refractivity contribution >= 4 is 44.2 Å². The lowest BCUT2D eigenvalue weighted by molar-refractivity contribution is -0.114. The highest BCUT2D eigenvalue weighted by Gasteiger charge is 2.16. The molecule has 7 heteroatoms. The number of carbonyl (C=O) groups is 1. The van der Waals surface area contributed by atoms with Gasteiger partial charge in [-0.2, -0.15) is 0 Å². The van der Waals surface area contributed by atoms with E-state index in [1.165, 1.54) is 12.1 Å². The van der Waals surface area contributed by atoms with E-state index in [0.717, 1.165) is 27.8 Å². The molecule has 3 rings (SSSR count). The molecule has 0 spiro atoms. The number of fused-ring (bicyclic) bond motifs is 1. The highest BCUT2D eigenvalue weighted by atomic mass is 32.2. The molecule has 2 N–H and O–H groups in total. The molecule has 0 saturated heterocycles. The molecule has 0 saturated carbocycles. The first-order chi connectivity index (χ1) is 10.6. The molecule has 3 aromatic rings. The van der Waals surface area contributed by atoms with Gasteiger partial charge in [-0.05, 0) is 34.5 Å². The molecule has 1 aromatic carbocycles.